The minimum Gasteiger partial charge on any atom is -0.356 e. The highest BCUT2D eigenvalue weighted by Crippen LogP contribution is 2.21. The lowest BCUT2D eigenvalue weighted by Crippen LogP contribution is -2.44. The van der Waals surface area contributed by atoms with Gasteiger partial charge in [0.1, 0.15) is 5.82 Å². The average Bonchev–Trinajstić information content (AvgIpc) is 2.97. The van der Waals surface area contributed by atoms with Crippen LogP contribution in [0.15, 0.2) is 12.3 Å². The first-order valence-corrected chi connectivity index (χ1v) is 11.2. The molecule has 2 saturated heterocycles. The molecule has 0 amide bonds. The molecule has 3 rings (SSSR count). The van der Waals surface area contributed by atoms with E-state index < -0.39 is 0 Å². The zero-order valence-electron chi connectivity index (χ0n) is 17.7. The Bertz CT molecular complexity index is 555. The quantitative estimate of drug-likeness (QED) is 0.767. The van der Waals surface area contributed by atoms with Crippen LogP contribution in [0.3, 0.4) is 0 Å². The molecule has 5 heteroatoms. The molecular formula is C22H39N5. The lowest BCUT2D eigenvalue weighted by atomic mass is 9.92. The van der Waals surface area contributed by atoms with Crippen molar-refractivity contribution in [1.29, 1.82) is 0 Å². The van der Waals surface area contributed by atoms with Gasteiger partial charge in [0, 0.05) is 38.4 Å². The van der Waals surface area contributed by atoms with Gasteiger partial charge < -0.3 is 15.1 Å². The SMILES string of the molecule is CCC(C)C(C)CN1CCCC(Nc2nccc(N3CCCCCC3)n2)C1. The molecule has 0 aliphatic carbocycles. The molecule has 152 valence electrons. The number of aromatic nitrogens is 2. The van der Waals surface area contributed by atoms with Crippen LogP contribution in [0.4, 0.5) is 11.8 Å². The van der Waals surface area contributed by atoms with Gasteiger partial charge in [0.15, 0.2) is 0 Å². The molecule has 1 aromatic heterocycles. The van der Waals surface area contributed by atoms with Crippen LogP contribution in [0.25, 0.3) is 0 Å². The van der Waals surface area contributed by atoms with Crippen LogP contribution >= 0.6 is 0 Å². The van der Waals surface area contributed by atoms with Gasteiger partial charge in [-0.05, 0) is 50.1 Å². The number of hydrogen-bond donors (Lipinski definition) is 1. The Kier molecular flexibility index (Phi) is 7.74. The molecule has 2 aliphatic rings. The Morgan fingerprint density at radius 3 is 2.59 bits per heavy atom. The van der Waals surface area contributed by atoms with E-state index in [1.165, 1.54) is 58.0 Å². The Balaban J connectivity index is 1.55. The smallest absolute Gasteiger partial charge is 0.224 e. The van der Waals surface area contributed by atoms with Crippen LogP contribution in [0.1, 0.15) is 65.7 Å². The Hall–Kier alpha value is -1.36. The highest BCUT2D eigenvalue weighted by Gasteiger charge is 2.23. The molecule has 5 nitrogen and oxygen atoms in total. The number of anilines is 2. The average molecular weight is 374 g/mol. The molecular weight excluding hydrogens is 334 g/mol. The molecule has 3 heterocycles. The van der Waals surface area contributed by atoms with Crippen LogP contribution in [0.2, 0.25) is 0 Å². The summed E-state index contributed by atoms with van der Waals surface area (Å²) in [5.41, 5.74) is 0. The van der Waals surface area contributed by atoms with Gasteiger partial charge in [0.25, 0.3) is 0 Å². The summed E-state index contributed by atoms with van der Waals surface area (Å²) in [5, 5.41) is 3.63. The number of likely N-dealkylation sites (tertiary alicyclic amines) is 1. The number of nitrogens with one attached hydrogen (secondary N) is 1. The van der Waals surface area contributed by atoms with Gasteiger partial charge in [-0.1, -0.05) is 40.0 Å². The molecule has 27 heavy (non-hydrogen) atoms. The molecule has 2 fully saturated rings. The largest absolute Gasteiger partial charge is 0.356 e. The Labute approximate surface area is 165 Å². The normalized spacial score (nSPS) is 24.3. The monoisotopic (exact) mass is 373 g/mol. The second kappa shape index (κ2) is 10.3. The number of rotatable bonds is 7. The van der Waals surface area contributed by atoms with E-state index in [1.54, 1.807) is 0 Å². The van der Waals surface area contributed by atoms with E-state index in [9.17, 15) is 0 Å². The van der Waals surface area contributed by atoms with E-state index in [2.05, 4.69) is 46.9 Å². The molecule has 2 aliphatic heterocycles. The summed E-state index contributed by atoms with van der Waals surface area (Å²) in [6, 6.07) is 2.53. The number of hydrogen-bond acceptors (Lipinski definition) is 5. The van der Waals surface area contributed by atoms with Gasteiger partial charge >= 0.3 is 0 Å². The van der Waals surface area contributed by atoms with Crippen LogP contribution in [-0.4, -0.2) is 53.6 Å². The second-order valence-electron chi connectivity index (χ2n) is 8.75. The van der Waals surface area contributed by atoms with Crippen LogP contribution in [-0.2, 0) is 0 Å². The van der Waals surface area contributed by atoms with Crippen molar-refractivity contribution in [1.82, 2.24) is 14.9 Å². The molecule has 3 atom stereocenters. The maximum atomic E-state index is 4.84. The van der Waals surface area contributed by atoms with Gasteiger partial charge in [-0.2, -0.15) is 4.98 Å². The highest BCUT2D eigenvalue weighted by atomic mass is 15.2. The van der Waals surface area contributed by atoms with E-state index in [4.69, 9.17) is 4.98 Å². The molecule has 0 saturated carbocycles. The Morgan fingerprint density at radius 2 is 1.85 bits per heavy atom. The highest BCUT2D eigenvalue weighted by molar-refractivity contribution is 5.43. The van der Waals surface area contributed by atoms with Crippen molar-refractivity contribution in [2.75, 3.05) is 42.9 Å². The van der Waals surface area contributed by atoms with Crippen molar-refractivity contribution in [2.45, 2.75) is 71.8 Å². The summed E-state index contributed by atoms with van der Waals surface area (Å²) < 4.78 is 0. The zero-order chi connectivity index (χ0) is 19.1. The summed E-state index contributed by atoms with van der Waals surface area (Å²) in [6.45, 7) is 12.9. The first-order chi connectivity index (χ1) is 13.2. The van der Waals surface area contributed by atoms with E-state index in [0.717, 1.165) is 43.2 Å². The first kappa shape index (κ1) is 20.4. The Morgan fingerprint density at radius 1 is 1.07 bits per heavy atom. The van der Waals surface area contributed by atoms with Gasteiger partial charge in [-0.15, -0.1) is 0 Å². The third-order valence-electron chi connectivity index (χ3n) is 6.57. The van der Waals surface area contributed by atoms with E-state index >= 15 is 0 Å². The molecule has 0 aromatic carbocycles. The zero-order valence-corrected chi connectivity index (χ0v) is 17.7. The van der Waals surface area contributed by atoms with Crippen molar-refractivity contribution in [3.8, 4) is 0 Å². The summed E-state index contributed by atoms with van der Waals surface area (Å²) in [5.74, 6) is 3.45. The predicted molar refractivity (Wildman–Crippen MR) is 114 cm³/mol. The van der Waals surface area contributed by atoms with E-state index in [1.807, 2.05) is 6.20 Å². The maximum absolute atomic E-state index is 4.84. The molecule has 1 aromatic rings. The van der Waals surface area contributed by atoms with Crippen molar-refractivity contribution in [3.05, 3.63) is 12.3 Å². The number of piperidine rings is 1. The third kappa shape index (κ3) is 6.06. The predicted octanol–water partition coefficient (Wildman–Crippen LogP) is 4.42. The fourth-order valence-corrected chi connectivity index (χ4v) is 4.41. The van der Waals surface area contributed by atoms with Crippen molar-refractivity contribution >= 4 is 11.8 Å². The fraction of sp³-hybridized carbons (Fsp3) is 0.818. The topological polar surface area (TPSA) is 44.3 Å². The minimum absolute atomic E-state index is 0.460. The van der Waals surface area contributed by atoms with Crippen molar-refractivity contribution in [2.24, 2.45) is 11.8 Å². The lowest BCUT2D eigenvalue weighted by Gasteiger charge is -2.35. The van der Waals surface area contributed by atoms with Gasteiger partial charge in [-0.25, -0.2) is 4.98 Å². The van der Waals surface area contributed by atoms with Crippen molar-refractivity contribution < 1.29 is 0 Å². The van der Waals surface area contributed by atoms with Gasteiger partial charge in [0.05, 0.1) is 0 Å². The van der Waals surface area contributed by atoms with E-state index in [-0.39, 0.29) is 0 Å². The van der Waals surface area contributed by atoms with E-state index in [0.29, 0.717) is 6.04 Å². The standard InChI is InChI=1S/C22H39N5/c1-4-18(2)19(3)16-26-13-9-10-20(17-26)24-22-23-12-11-21(25-22)27-14-7-5-6-8-15-27/h11-12,18-20H,4-10,13-17H2,1-3H3,(H,23,24,25). The third-order valence-corrected chi connectivity index (χ3v) is 6.57. The van der Waals surface area contributed by atoms with Gasteiger partial charge in [-0.3, -0.25) is 0 Å². The maximum Gasteiger partial charge on any atom is 0.224 e. The molecule has 3 unspecified atom stereocenters. The van der Waals surface area contributed by atoms with Crippen LogP contribution < -0.4 is 10.2 Å². The molecule has 0 spiro atoms. The van der Waals surface area contributed by atoms with Gasteiger partial charge in [0.2, 0.25) is 5.95 Å². The summed E-state index contributed by atoms with van der Waals surface area (Å²) in [7, 11) is 0. The molecule has 0 bridgehead atoms. The molecule has 0 radical (unpaired) electrons. The second-order valence-corrected chi connectivity index (χ2v) is 8.75. The number of nitrogens with zero attached hydrogens (tertiary/aromatic N) is 4. The van der Waals surface area contributed by atoms with Crippen LogP contribution in [0, 0.1) is 11.8 Å². The van der Waals surface area contributed by atoms with Crippen LogP contribution in [0.5, 0.6) is 0 Å². The lowest BCUT2D eigenvalue weighted by molar-refractivity contribution is 0.167. The fourth-order valence-electron chi connectivity index (χ4n) is 4.41. The van der Waals surface area contributed by atoms with Crippen molar-refractivity contribution in [3.63, 3.8) is 0 Å². The first-order valence-electron chi connectivity index (χ1n) is 11.2. The summed E-state index contributed by atoms with van der Waals surface area (Å²) in [6.07, 6.45) is 10.9. The summed E-state index contributed by atoms with van der Waals surface area (Å²) in [4.78, 5) is 14.4. The molecule has 1 N–H and O–H groups in total. The summed E-state index contributed by atoms with van der Waals surface area (Å²) >= 11 is 0. The minimum atomic E-state index is 0.460.